The summed E-state index contributed by atoms with van der Waals surface area (Å²) in [7, 11) is 3.88. The van der Waals surface area contributed by atoms with Crippen LogP contribution < -0.4 is 0 Å². The van der Waals surface area contributed by atoms with Gasteiger partial charge in [0.05, 0.1) is 13.2 Å². The van der Waals surface area contributed by atoms with Gasteiger partial charge < -0.3 is 14.5 Å². The smallest absolute Gasteiger partial charge is 0.313 e. The van der Waals surface area contributed by atoms with Crippen molar-refractivity contribution >= 4 is 11.9 Å². The zero-order valence-corrected chi connectivity index (χ0v) is 21.6. The highest BCUT2D eigenvalue weighted by atomic mass is 16.5. The lowest BCUT2D eigenvalue weighted by atomic mass is 9.82. The summed E-state index contributed by atoms with van der Waals surface area (Å²) in [6.07, 6.45) is 14.6. The molecule has 3 aliphatic carbocycles. The number of amidine groups is 2. The molecule has 2 bridgehead atoms. The Kier molecular flexibility index (Phi) is 7.77. The van der Waals surface area contributed by atoms with Crippen LogP contribution in [0, 0.1) is 17.8 Å². The van der Waals surface area contributed by atoms with Crippen LogP contribution in [0.3, 0.4) is 0 Å². The molecule has 0 saturated carbocycles. The molecular formula is C28H41N5O. The van der Waals surface area contributed by atoms with Gasteiger partial charge >= 0.3 is 6.02 Å². The van der Waals surface area contributed by atoms with E-state index in [9.17, 15) is 0 Å². The first-order valence-corrected chi connectivity index (χ1v) is 12.7. The maximum atomic E-state index is 5.59. The largest absolute Gasteiger partial charge is 0.467 e. The number of methoxy groups -OCH3 is 1. The van der Waals surface area contributed by atoms with Crippen LogP contribution in [0.1, 0.15) is 27.2 Å². The molecular weight excluding hydrogens is 422 g/mol. The van der Waals surface area contributed by atoms with Crippen LogP contribution in [0.15, 0.2) is 69.9 Å². The van der Waals surface area contributed by atoms with Gasteiger partial charge in [-0.1, -0.05) is 56.4 Å². The van der Waals surface area contributed by atoms with E-state index < -0.39 is 0 Å². The van der Waals surface area contributed by atoms with E-state index in [1.54, 1.807) is 7.11 Å². The minimum Gasteiger partial charge on any atom is -0.467 e. The molecule has 5 aliphatic rings. The third kappa shape index (κ3) is 5.38. The van der Waals surface area contributed by atoms with Gasteiger partial charge in [0.2, 0.25) is 0 Å². The number of hydrogen-bond acceptors (Lipinski definition) is 6. The van der Waals surface area contributed by atoms with Gasteiger partial charge in [-0.3, -0.25) is 4.90 Å². The predicted octanol–water partition coefficient (Wildman–Crippen LogP) is 4.12. The molecule has 1 saturated heterocycles. The Morgan fingerprint density at radius 1 is 1.24 bits per heavy atom. The van der Waals surface area contributed by atoms with Crippen molar-refractivity contribution in [2.45, 2.75) is 33.2 Å². The Bertz CT molecular complexity index is 948. The Morgan fingerprint density at radius 3 is 2.65 bits per heavy atom. The summed E-state index contributed by atoms with van der Waals surface area (Å²) in [5.41, 5.74) is 3.87. The standard InChI is InChI=1S/C28H41N5O/c1-7-23-25(19-31(5)26-10-8-9-22-11-12-24(26)21(4)17-22)29-28(34-6)30-27(23)33-15-13-32(14-16-33)18-20(2)3/h8-12,17,21,23-25H,2,7,13-16,18-19H2,1,3-6H3/b9-8-,26-10+/t21-,23?,24?,25?/m0/s1. The molecule has 4 atom stereocenters. The number of allylic oxidation sites excluding steroid dienone is 7. The van der Waals surface area contributed by atoms with Gasteiger partial charge in [-0.05, 0) is 30.9 Å². The third-order valence-electron chi connectivity index (χ3n) is 7.41. The molecule has 0 radical (unpaired) electrons. The van der Waals surface area contributed by atoms with Crippen molar-refractivity contribution in [1.29, 1.82) is 0 Å². The lowest BCUT2D eigenvalue weighted by molar-refractivity contribution is 0.185. The lowest BCUT2D eigenvalue weighted by Crippen LogP contribution is -2.54. The highest BCUT2D eigenvalue weighted by molar-refractivity contribution is 5.97. The van der Waals surface area contributed by atoms with Crippen molar-refractivity contribution in [3.8, 4) is 0 Å². The maximum absolute atomic E-state index is 5.59. The monoisotopic (exact) mass is 463 g/mol. The van der Waals surface area contributed by atoms with Gasteiger partial charge in [-0.2, -0.15) is 4.99 Å². The predicted molar refractivity (Wildman–Crippen MR) is 142 cm³/mol. The molecule has 0 amide bonds. The second-order valence-electron chi connectivity index (χ2n) is 10.1. The van der Waals surface area contributed by atoms with E-state index in [0.29, 0.717) is 17.9 Å². The highest BCUT2D eigenvalue weighted by Gasteiger charge is 2.36. The summed E-state index contributed by atoms with van der Waals surface area (Å²) in [5, 5.41) is 0. The normalized spacial score (nSPS) is 31.5. The highest BCUT2D eigenvalue weighted by Crippen LogP contribution is 2.33. The molecule has 2 aliphatic heterocycles. The molecule has 0 N–H and O–H groups in total. The number of hydrogen-bond donors (Lipinski definition) is 0. The van der Waals surface area contributed by atoms with Crippen molar-refractivity contribution < 1.29 is 4.74 Å². The molecule has 34 heavy (non-hydrogen) atoms. The summed E-state index contributed by atoms with van der Waals surface area (Å²) in [6, 6.07) is 0.614. The maximum Gasteiger partial charge on any atom is 0.313 e. The summed E-state index contributed by atoms with van der Waals surface area (Å²) >= 11 is 0. The summed E-state index contributed by atoms with van der Waals surface area (Å²) < 4.78 is 5.59. The number of likely N-dealkylation sites (N-methyl/N-ethyl adjacent to an activating group) is 1. The van der Waals surface area contributed by atoms with Crippen LogP contribution >= 0.6 is 0 Å². The number of nitrogens with zero attached hydrogens (tertiary/aromatic N) is 5. The SMILES string of the molecule is C=C(C)CN1CCN(C2=NC(OC)=NC(CN(C)/C3=C/C=C\C4=C[C@H](C)C3C=C4)C2CC)CC1. The molecule has 0 aromatic carbocycles. The van der Waals surface area contributed by atoms with Gasteiger partial charge in [0.15, 0.2) is 0 Å². The second kappa shape index (κ2) is 10.8. The Balaban J connectivity index is 1.50. The molecule has 0 spiro atoms. The first-order valence-electron chi connectivity index (χ1n) is 12.7. The molecule has 1 fully saturated rings. The molecule has 6 nitrogen and oxygen atoms in total. The van der Waals surface area contributed by atoms with Gasteiger partial charge in [-0.25, -0.2) is 4.99 Å². The molecule has 0 aromatic heterocycles. The van der Waals surface area contributed by atoms with Crippen molar-refractivity contribution in [2.75, 3.05) is 53.4 Å². The van der Waals surface area contributed by atoms with E-state index in [4.69, 9.17) is 14.7 Å². The number of aliphatic imine (C=N–C) groups is 2. The molecule has 5 rings (SSSR count). The number of fused-ring (bicyclic) bond motifs is 2. The van der Waals surface area contributed by atoms with E-state index >= 15 is 0 Å². The van der Waals surface area contributed by atoms with Crippen molar-refractivity contribution in [1.82, 2.24) is 14.7 Å². The van der Waals surface area contributed by atoms with E-state index in [2.05, 4.69) is 85.6 Å². The number of ether oxygens (including phenoxy) is 1. The number of rotatable bonds is 6. The summed E-state index contributed by atoms with van der Waals surface area (Å²) in [5.74, 6) is 2.30. The third-order valence-corrected chi connectivity index (χ3v) is 7.41. The number of piperazine rings is 1. The molecule has 184 valence electrons. The van der Waals surface area contributed by atoms with Gasteiger partial charge in [0.25, 0.3) is 0 Å². The van der Waals surface area contributed by atoms with Crippen LogP contribution in [-0.4, -0.2) is 86.0 Å². The molecule has 6 heteroatoms. The first kappa shape index (κ1) is 24.5. The van der Waals surface area contributed by atoms with E-state index in [-0.39, 0.29) is 12.0 Å². The zero-order valence-electron chi connectivity index (χ0n) is 21.6. The van der Waals surface area contributed by atoms with Crippen LogP contribution in [0.5, 0.6) is 0 Å². The Morgan fingerprint density at radius 2 is 2.00 bits per heavy atom. The fourth-order valence-electron chi connectivity index (χ4n) is 5.63. The average Bonchev–Trinajstić information content (AvgIpc) is 2.79. The average molecular weight is 464 g/mol. The topological polar surface area (TPSA) is 43.7 Å². The van der Waals surface area contributed by atoms with Gasteiger partial charge in [0.1, 0.15) is 5.84 Å². The quantitative estimate of drug-likeness (QED) is 0.556. The van der Waals surface area contributed by atoms with E-state index in [1.807, 2.05) is 0 Å². The first-order chi connectivity index (χ1) is 16.4. The molecule has 3 unspecified atom stereocenters. The van der Waals surface area contributed by atoms with Crippen LogP contribution in [0.25, 0.3) is 0 Å². The van der Waals surface area contributed by atoms with Crippen molar-refractivity contribution in [3.05, 3.63) is 59.9 Å². The molecule has 0 aromatic rings. The van der Waals surface area contributed by atoms with Crippen molar-refractivity contribution in [3.63, 3.8) is 0 Å². The zero-order chi connectivity index (χ0) is 24.2. The van der Waals surface area contributed by atoms with Gasteiger partial charge in [0, 0.05) is 63.8 Å². The second-order valence-corrected chi connectivity index (χ2v) is 10.1. The fourth-order valence-corrected chi connectivity index (χ4v) is 5.63. The van der Waals surface area contributed by atoms with E-state index in [1.165, 1.54) is 16.8 Å². The lowest BCUT2D eigenvalue weighted by Gasteiger charge is -2.42. The van der Waals surface area contributed by atoms with Crippen LogP contribution in [-0.2, 0) is 4.74 Å². The summed E-state index contributed by atoms with van der Waals surface area (Å²) in [4.78, 5) is 17.2. The minimum atomic E-state index is 0.107. The Hall–Kier alpha value is -2.60. The summed E-state index contributed by atoms with van der Waals surface area (Å²) in [6.45, 7) is 16.6. The van der Waals surface area contributed by atoms with Crippen LogP contribution in [0.2, 0.25) is 0 Å². The van der Waals surface area contributed by atoms with Crippen LogP contribution in [0.4, 0.5) is 0 Å². The van der Waals surface area contributed by atoms with Crippen molar-refractivity contribution in [2.24, 2.45) is 27.7 Å². The fraction of sp³-hybridized carbons (Fsp3) is 0.571. The molecule has 2 heterocycles. The van der Waals surface area contributed by atoms with E-state index in [0.717, 1.165) is 51.5 Å². The Labute approximate surface area is 205 Å². The minimum absolute atomic E-state index is 0.107. The van der Waals surface area contributed by atoms with Gasteiger partial charge in [-0.15, -0.1) is 0 Å².